The number of amides is 2. The Hall–Kier alpha value is -2.99. The van der Waals surface area contributed by atoms with E-state index in [1.807, 2.05) is 11.4 Å². The second-order valence-electron chi connectivity index (χ2n) is 7.28. The van der Waals surface area contributed by atoms with E-state index in [0.717, 1.165) is 24.1 Å². The van der Waals surface area contributed by atoms with Gasteiger partial charge in [0.05, 0.1) is 5.69 Å². The van der Waals surface area contributed by atoms with Gasteiger partial charge in [0.2, 0.25) is 5.91 Å². The summed E-state index contributed by atoms with van der Waals surface area (Å²) in [6, 6.07) is 14.7. The number of anilines is 1. The van der Waals surface area contributed by atoms with Gasteiger partial charge in [-0.25, -0.2) is 4.98 Å². The molecule has 6 heteroatoms. The molecule has 2 aromatic carbocycles. The highest BCUT2D eigenvalue weighted by Crippen LogP contribution is 2.29. The molecule has 0 aliphatic heterocycles. The van der Waals surface area contributed by atoms with Gasteiger partial charge in [0.25, 0.3) is 5.91 Å². The average Bonchev–Trinajstić information content (AvgIpc) is 3.22. The van der Waals surface area contributed by atoms with Crippen molar-refractivity contribution in [2.75, 3.05) is 5.32 Å². The molecular formula is C23H23N3O2S. The van der Waals surface area contributed by atoms with E-state index < -0.39 is 6.04 Å². The molecular weight excluding hydrogens is 382 g/mol. The lowest BCUT2D eigenvalue weighted by Gasteiger charge is -2.16. The van der Waals surface area contributed by atoms with Gasteiger partial charge in [-0.05, 0) is 61.9 Å². The quantitative estimate of drug-likeness (QED) is 0.659. The van der Waals surface area contributed by atoms with Crippen LogP contribution in [0.5, 0.6) is 0 Å². The third kappa shape index (κ3) is 4.54. The number of fused-ring (bicyclic) bond motifs is 1. The molecule has 1 aromatic heterocycles. The maximum atomic E-state index is 12.5. The molecule has 0 spiro atoms. The minimum Gasteiger partial charge on any atom is -0.341 e. The number of thiazole rings is 1. The summed E-state index contributed by atoms with van der Waals surface area (Å²) in [7, 11) is 0. The molecule has 0 bridgehead atoms. The Morgan fingerprint density at radius 1 is 1.03 bits per heavy atom. The number of nitrogens with zero attached hydrogens (tertiary/aromatic N) is 1. The molecule has 1 heterocycles. The summed E-state index contributed by atoms with van der Waals surface area (Å²) in [4.78, 5) is 29.2. The van der Waals surface area contributed by atoms with E-state index in [2.05, 4.69) is 33.8 Å². The predicted octanol–water partition coefficient (Wildman–Crippen LogP) is 4.45. The Bertz CT molecular complexity index is 1030. The second-order valence-corrected chi connectivity index (χ2v) is 8.14. The van der Waals surface area contributed by atoms with Gasteiger partial charge in [-0.2, -0.15) is 0 Å². The molecule has 4 rings (SSSR count). The summed E-state index contributed by atoms with van der Waals surface area (Å²) in [5.41, 5.74) is 5.31. The summed E-state index contributed by atoms with van der Waals surface area (Å²) in [5.74, 6) is -0.567. The smallest absolute Gasteiger partial charge is 0.251 e. The number of aromatic nitrogens is 1. The van der Waals surface area contributed by atoms with Gasteiger partial charge in [-0.3, -0.25) is 9.59 Å². The van der Waals surface area contributed by atoms with Crippen molar-refractivity contribution in [2.24, 2.45) is 0 Å². The van der Waals surface area contributed by atoms with E-state index in [1.54, 1.807) is 31.2 Å². The zero-order valence-corrected chi connectivity index (χ0v) is 17.1. The first kappa shape index (κ1) is 19.3. The van der Waals surface area contributed by atoms with Crippen molar-refractivity contribution in [3.8, 4) is 11.3 Å². The van der Waals surface area contributed by atoms with Gasteiger partial charge < -0.3 is 10.6 Å². The number of carbonyl (C=O) groups is 2. The van der Waals surface area contributed by atoms with E-state index in [0.29, 0.717) is 10.7 Å². The molecule has 148 valence electrons. The standard InChI is InChI=1S/C23H23N3O2S/c1-15(24-22(28)17-8-3-2-4-9-17)21(27)26-23-25-20(14-29-23)19-12-11-16-7-5-6-10-18(16)13-19/h2-4,8-9,11-15H,5-7,10H2,1H3,(H,24,28)(H,25,26,27)/t15-/m0/s1. The summed E-state index contributed by atoms with van der Waals surface area (Å²) >= 11 is 1.39. The lowest BCUT2D eigenvalue weighted by molar-refractivity contribution is -0.117. The van der Waals surface area contributed by atoms with Gasteiger partial charge in [0.15, 0.2) is 5.13 Å². The number of nitrogens with one attached hydrogen (secondary N) is 2. The zero-order valence-electron chi connectivity index (χ0n) is 16.3. The summed E-state index contributed by atoms with van der Waals surface area (Å²) < 4.78 is 0. The molecule has 2 amide bonds. The van der Waals surface area contributed by atoms with Crippen molar-refractivity contribution in [2.45, 2.75) is 38.6 Å². The number of carbonyl (C=O) groups excluding carboxylic acids is 2. The number of benzene rings is 2. The number of rotatable bonds is 5. The van der Waals surface area contributed by atoms with E-state index in [4.69, 9.17) is 0 Å². The Kier molecular flexibility index (Phi) is 5.71. The van der Waals surface area contributed by atoms with Crippen LogP contribution in [-0.4, -0.2) is 22.8 Å². The first-order valence-corrected chi connectivity index (χ1v) is 10.7. The highest BCUT2D eigenvalue weighted by molar-refractivity contribution is 7.14. The van der Waals surface area contributed by atoms with E-state index in [-0.39, 0.29) is 11.8 Å². The highest BCUT2D eigenvalue weighted by Gasteiger charge is 2.18. The van der Waals surface area contributed by atoms with Gasteiger partial charge >= 0.3 is 0 Å². The van der Waals surface area contributed by atoms with Crippen molar-refractivity contribution in [3.63, 3.8) is 0 Å². The molecule has 1 aliphatic carbocycles. The molecule has 0 radical (unpaired) electrons. The molecule has 5 nitrogen and oxygen atoms in total. The molecule has 0 unspecified atom stereocenters. The van der Waals surface area contributed by atoms with Crippen LogP contribution in [0.3, 0.4) is 0 Å². The fraction of sp³-hybridized carbons (Fsp3) is 0.261. The normalized spacial score (nSPS) is 14.0. The average molecular weight is 406 g/mol. The minimum atomic E-state index is -0.668. The van der Waals surface area contributed by atoms with Crippen LogP contribution in [0.25, 0.3) is 11.3 Å². The second kappa shape index (κ2) is 8.57. The molecule has 0 fully saturated rings. The largest absolute Gasteiger partial charge is 0.341 e. The number of aryl methyl sites for hydroxylation is 2. The molecule has 1 atom stereocenters. The molecule has 3 aromatic rings. The van der Waals surface area contributed by atoms with Crippen LogP contribution in [0.15, 0.2) is 53.9 Å². The summed E-state index contributed by atoms with van der Waals surface area (Å²) in [5, 5.41) is 8.00. The molecule has 0 saturated carbocycles. The van der Waals surface area contributed by atoms with Gasteiger partial charge in [-0.15, -0.1) is 11.3 Å². The Morgan fingerprint density at radius 2 is 1.79 bits per heavy atom. The SMILES string of the molecule is C[C@H](NC(=O)c1ccccc1)C(=O)Nc1nc(-c2ccc3c(c2)CCCC3)cs1. The van der Waals surface area contributed by atoms with Crippen LogP contribution in [-0.2, 0) is 17.6 Å². The number of hydrogen-bond acceptors (Lipinski definition) is 4. The Morgan fingerprint density at radius 3 is 2.59 bits per heavy atom. The van der Waals surface area contributed by atoms with E-state index in [9.17, 15) is 9.59 Å². The summed E-state index contributed by atoms with van der Waals surface area (Å²) in [6.07, 6.45) is 4.77. The van der Waals surface area contributed by atoms with Crippen molar-refractivity contribution in [1.29, 1.82) is 0 Å². The molecule has 0 saturated heterocycles. The minimum absolute atomic E-state index is 0.276. The third-order valence-corrected chi connectivity index (χ3v) is 5.91. The third-order valence-electron chi connectivity index (χ3n) is 5.16. The topological polar surface area (TPSA) is 71.1 Å². The van der Waals surface area contributed by atoms with Crippen molar-refractivity contribution < 1.29 is 9.59 Å². The van der Waals surface area contributed by atoms with E-state index in [1.165, 1.54) is 35.3 Å². The van der Waals surface area contributed by atoms with Crippen LogP contribution in [0.1, 0.15) is 41.3 Å². The van der Waals surface area contributed by atoms with Crippen LogP contribution < -0.4 is 10.6 Å². The lowest BCUT2D eigenvalue weighted by Crippen LogP contribution is -2.41. The highest BCUT2D eigenvalue weighted by atomic mass is 32.1. The maximum absolute atomic E-state index is 12.5. The van der Waals surface area contributed by atoms with Crippen molar-refractivity contribution in [3.05, 3.63) is 70.6 Å². The Balaban J connectivity index is 1.39. The zero-order chi connectivity index (χ0) is 20.2. The van der Waals surface area contributed by atoms with Gasteiger partial charge in [-0.1, -0.05) is 30.3 Å². The lowest BCUT2D eigenvalue weighted by atomic mass is 9.90. The van der Waals surface area contributed by atoms with E-state index >= 15 is 0 Å². The molecule has 1 aliphatic rings. The van der Waals surface area contributed by atoms with Crippen molar-refractivity contribution in [1.82, 2.24) is 10.3 Å². The first-order valence-electron chi connectivity index (χ1n) is 9.84. The first-order chi connectivity index (χ1) is 14.1. The van der Waals surface area contributed by atoms with Gasteiger partial charge in [0, 0.05) is 16.5 Å². The maximum Gasteiger partial charge on any atom is 0.251 e. The molecule has 29 heavy (non-hydrogen) atoms. The van der Waals surface area contributed by atoms with Crippen molar-refractivity contribution >= 4 is 28.3 Å². The number of hydrogen-bond donors (Lipinski definition) is 2. The summed E-state index contributed by atoms with van der Waals surface area (Å²) in [6.45, 7) is 1.66. The molecule has 2 N–H and O–H groups in total. The fourth-order valence-electron chi connectivity index (χ4n) is 3.51. The Labute approximate surface area is 174 Å². The van der Waals surface area contributed by atoms with Crippen LogP contribution in [0, 0.1) is 0 Å². The monoisotopic (exact) mass is 405 g/mol. The fourth-order valence-corrected chi connectivity index (χ4v) is 4.23. The van der Waals surface area contributed by atoms with Crippen LogP contribution in [0.4, 0.5) is 5.13 Å². The van der Waals surface area contributed by atoms with Crippen LogP contribution in [0.2, 0.25) is 0 Å². The predicted molar refractivity (Wildman–Crippen MR) is 116 cm³/mol. The van der Waals surface area contributed by atoms with Crippen LogP contribution >= 0.6 is 11.3 Å². The van der Waals surface area contributed by atoms with Gasteiger partial charge in [0.1, 0.15) is 6.04 Å².